The quantitative estimate of drug-likeness (QED) is 0.548. The molecular weight excluding hydrogens is 116 g/mol. The minimum absolute atomic E-state index is 0.266. The second kappa shape index (κ2) is 2.27. The average Bonchev–Trinajstić information content (AvgIpc) is 1.14. The van der Waals surface area contributed by atoms with Gasteiger partial charge in [-0.15, -0.1) is 0 Å². The molecule has 0 saturated carbocycles. The van der Waals surface area contributed by atoms with Crippen molar-refractivity contribution in [3.8, 4) is 0 Å². The summed E-state index contributed by atoms with van der Waals surface area (Å²) in [4.78, 5) is 0. The molecule has 0 unspecified atom stereocenters. The molecule has 0 amide bonds. The molecule has 0 aromatic carbocycles. The van der Waals surface area contributed by atoms with Crippen molar-refractivity contribution < 1.29 is 9.84 Å². The number of hydrogen-bond donors (Lipinski definition) is 1. The van der Waals surface area contributed by atoms with Crippen LogP contribution in [-0.2, 0) is 4.74 Å². The van der Waals surface area contributed by atoms with Gasteiger partial charge in [-0.2, -0.15) is 0 Å². The van der Waals surface area contributed by atoms with Crippen molar-refractivity contribution in [2.75, 3.05) is 0 Å². The molecule has 0 bridgehead atoms. The lowest BCUT2D eigenvalue weighted by Gasteiger charge is -2.28. The van der Waals surface area contributed by atoms with Crippen molar-refractivity contribution in [1.82, 2.24) is 0 Å². The van der Waals surface area contributed by atoms with Crippen molar-refractivity contribution in [3.05, 3.63) is 0 Å². The van der Waals surface area contributed by atoms with Gasteiger partial charge in [-0.25, -0.2) is 0 Å². The third-order valence-electron chi connectivity index (χ3n) is 0.556. The zero-order chi connectivity index (χ0) is 7.71. The van der Waals surface area contributed by atoms with Crippen molar-refractivity contribution in [1.29, 1.82) is 0 Å². The number of rotatable bonds is 1. The molecule has 0 fully saturated rings. The summed E-state index contributed by atoms with van der Waals surface area (Å²) >= 11 is 0. The summed E-state index contributed by atoms with van der Waals surface area (Å²) in [6.45, 7) is 8.97. The van der Waals surface area contributed by atoms with Crippen LogP contribution < -0.4 is 0 Å². The van der Waals surface area contributed by atoms with E-state index in [1.165, 1.54) is 0 Å². The summed E-state index contributed by atoms with van der Waals surface area (Å²) in [7, 11) is 0. The first kappa shape index (κ1) is 8.92. The molecule has 0 aliphatic carbocycles. The smallest absolute Gasteiger partial charge is 0.160 e. The molecule has 0 rings (SSSR count). The van der Waals surface area contributed by atoms with E-state index in [2.05, 4.69) is 0 Å². The Morgan fingerprint density at radius 3 is 1.33 bits per heavy atom. The standard InChI is InChI=1S/C7H16O2/c1-6(2,3)9-7(4,5)8/h8H,1-5H3. The summed E-state index contributed by atoms with van der Waals surface area (Å²) in [5.74, 6) is -1.02. The van der Waals surface area contributed by atoms with Crippen LogP contribution in [0.5, 0.6) is 0 Å². The molecular formula is C7H16O2. The van der Waals surface area contributed by atoms with Gasteiger partial charge in [-0.05, 0) is 34.6 Å². The van der Waals surface area contributed by atoms with Gasteiger partial charge in [0.05, 0.1) is 5.60 Å². The van der Waals surface area contributed by atoms with Gasteiger partial charge in [0.1, 0.15) is 0 Å². The molecule has 2 nitrogen and oxygen atoms in total. The summed E-state index contributed by atoms with van der Waals surface area (Å²) in [5, 5.41) is 9.13. The Hall–Kier alpha value is -0.0800. The first-order valence-electron chi connectivity index (χ1n) is 3.13. The third-order valence-corrected chi connectivity index (χ3v) is 0.556. The van der Waals surface area contributed by atoms with E-state index in [-0.39, 0.29) is 5.60 Å². The molecule has 1 N–H and O–H groups in total. The largest absolute Gasteiger partial charge is 0.366 e. The van der Waals surface area contributed by atoms with Crippen molar-refractivity contribution in [2.24, 2.45) is 0 Å². The zero-order valence-electron chi connectivity index (χ0n) is 6.86. The normalized spacial score (nSPS) is 14.0. The highest BCUT2D eigenvalue weighted by Gasteiger charge is 2.21. The lowest BCUT2D eigenvalue weighted by molar-refractivity contribution is -0.229. The molecule has 0 aromatic heterocycles. The number of ether oxygens (including phenoxy) is 1. The van der Waals surface area contributed by atoms with Crippen LogP contribution in [0.2, 0.25) is 0 Å². The Morgan fingerprint density at radius 1 is 1.00 bits per heavy atom. The SMILES string of the molecule is CC(C)(C)OC(C)(C)O. The Balaban J connectivity index is 3.75. The van der Waals surface area contributed by atoms with Crippen LogP contribution in [-0.4, -0.2) is 16.5 Å². The van der Waals surface area contributed by atoms with E-state index in [0.717, 1.165) is 0 Å². The Labute approximate surface area is 56.8 Å². The minimum atomic E-state index is -1.02. The van der Waals surface area contributed by atoms with Crippen LogP contribution in [0.25, 0.3) is 0 Å². The summed E-state index contributed by atoms with van der Waals surface area (Å²) < 4.78 is 5.18. The fraction of sp³-hybridized carbons (Fsp3) is 1.00. The Bertz CT molecular complexity index is 72.1. The van der Waals surface area contributed by atoms with Crippen molar-refractivity contribution >= 4 is 0 Å². The summed E-state index contributed by atoms with van der Waals surface area (Å²) in [6, 6.07) is 0. The van der Waals surface area contributed by atoms with Crippen molar-refractivity contribution in [2.45, 2.75) is 46.0 Å². The van der Waals surface area contributed by atoms with Crippen LogP contribution in [0.3, 0.4) is 0 Å². The van der Waals surface area contributed by atoms with Gasteiger partial charge >= 0.3 is 0 Å². The second-order valence-electron chi connectivity index (χ2n) is 3.66. The van der Waals surface area contributed by atoms with Gasteiger partial charge in [0.2, 0.25) is 0 Å². The molecule has 0 atom stereocenters. The molecule has 0 aliphatic heterocycles. The highest BCUT2D eigenvalue weighted by molar-refractivity contribution is 4.63. The lowest BCUT2D eigenvalue weighted by atomic mass is 10.2. The molecule has 0 radical (unpaired) electrons. The van der Waals surface area contributed by atoms with Crippen LogP contribution in [0.4, 0.5) is 0 Å². The second-order valence-corrected chi connectivity index (χ2v) is 3.66. The lowest BCUT2D eigenvalue weighted by Crippen LogP contribution is -2.34. The van der Waals surface area contributed by atoms with E-state index in [9.17, 15) is 0 Å². The van der Waals surface area contributed by atoms with Gasteiger partial charge in [0, 0.05) is 0 Å². The molecule has 0 heterocycles. The van der Waals surface area contributed by atoms with Crippen LogP contribution in [0.15, 0.2) is 0 Å². The predicted molar refractivity (Wildman–Crippen MR) is 37.1 cm³/mol. The van der Waals surface area contributed by atoms with Gasteiger partial charge in [0.15, 0.2) is 5.79 Å². The molecule has 0 aliphatic rings. The Morgan fingerprint density at radius 2 is 1.33 bits per heavy atom. The fourth-order valence-corrected chi connectivity index (χ4v) is 0.749. The molecule has 9 heavy (non-hydrogen) atoms. The molecule has 56 valence electrons. The number of hydrogen-bond acceptors (Lipinski definition) is 2. The maximum atomic E-state index is 9.13. The summed E-state index contributed by atoms with van der Waals surface area (Å²) in [5.41, 5.74) is -0.266. The first-order valence-corrected chi connectivity index (χ1v) is 3.13. The molecule has 0 spiro atoms. The topological polar surface area (TPSA) is 29.5 Å². The maximum absolute atomic E-state index is 9.13. The number of aliphatic hydroxyl groups is 1. The van der Waals surface area contributed by atoms with Crippen LogP contribution >= 0.6 is 0 Å². The van der Waals surface area contributed by atoms with E-state index >= 15 is 0 Å². The van der Waals surface area contributed by atoms with Gasteiger partial charge < -0.3 is 9.84 Å². The molecule has 0 saturated heterocycles. The predicted octanol–water partition coefficient (Wildman–Crippen LogP) is 1.53. The van der Waals surface area contributed by atoms with E-state index in [4.69, 9.17) is 9.84 Å². The third kappa shape index (κ3) is 7.92. The molecule has 2 heteroatoms. The zero-order valence-corrected chi connectivity index (χ0v) is 6.86. The van der Waals surface area contributed by atoms with E-state index in [1.807, 2.05) is 20.8 Å². The maximum Gasteiger partial charge on any atom is 0.160 e. The fourth-order valence-electron chi connectivity index (χ4n) is 0.749. The van der Waals surface area contributed by atoms with Crippen molar-refractivity contribution in [3.63, 3.8) is 0 Å². The first-order chi connectivity index (χ1) is 3.71. The van der Waals surface area contributed by atoms with E-state index in [1.54, 1.807) is 13.8 Å². The highest BCUT2D eigenvalue weighted by Crippen LogP contribution is 2.15. The van der Waals surface area contributed by atoms with E-state index < -0.39 is 5.79 Å². The van der Waals surface area contributed by atoms with Crippen LogP contribution in [0.1, 0.15) is 34.6 Å². The van der Waals surface area contributed by atoms with Crippen LogP contribution in [0, 0.1) is 0 Å². The monoisotopic (exact) mass is 132 g/mol. The van der Waals surface area contributed by atoms with E-state index in [0.29, 0.717) is 0 Å². The highest BCUT2D eigenvalue weighted by atomic mass is 16.6. The minimum Gasteiger partial charge on any atom is -0.366 e. The molecule has 0 aromatic rings. The average molecular weight is 132 g/mol. The summed E-state index contributed by atoms with van der Waals surface area (Å²) in [6.07, 6.45) is 0. The Kier molecular flexibility index (Phi) is 2.25. The van der Waals surface area contributed by atoms with Gasteiger partial charge in [0.25, 0.3) is 0 Å². The van der Waals surface area contributed by atoms with Gasteiger partial charge in [-0.3, -0.25) is 0 Å². The van der Waals surface area contributed by atoms with Gasteiger partial charge in [-0.1, -0.05) is 0 Å².